The van der Waals surface area contributed by atoms with Crippen LogP contribution in [-0.4, -0.2) is 10.1 Å². The lowest BCUT2D eigenvalue weighted by molar-refractivity contribution is -0.138. The number of pyridine rings is 1. The zero-order valence-corrected chi connectivity index (χ0v) is 10.6. The second-order valence-corrected chi connectivity index (χ2v) is 4.19. The van der Waals surface area contributed by atoms with Crippen molar-refractivity contribution in [3.63, 3.8) is 0 Å². The van der Waals surface area contributed by atoms with Crippen LogP contribution in [0.4, 0.5) is 13.2 Å². The molecule has 1 aromatic heterocycles. The van der Waals surface area contributed by atoms with Crippen molar-refractivity contribution in [1.82, 2.24) is 4.98 Å². The van der Waals surface area contributed by atoms with Gasteiger partial charge in [0.05, 0.1) is 23.6 Å². The lowest BCUT2D eigenvalue weighted by Gasteiger charge is -2.13. The minimum Gasteiger partial charge on any atom is -0.455 e. The zero-order chi connectivity index (χ0) is 14.8. The Balaban J connectivity index is 2.26. The Morgan fingerprint density at radius 2 is 1.85 bits per heavy atom. The smallest absolute Gasteiger partial charge is 0.419 e. The second kappa shape index (κ2) is 5.50. The molecule has 2 aromatic rings. The van der Waals surface area contributed by atoms with Crippen LogP contribution in [0.25, 0.3) is 0 Å². The van der Waals surface area contributed by atoms with E-state index in [1.165, 1.54) is 36.5 Å². The third kappa shape index (κ3) is 3.27. The Hall–Kier alpha value is -2.08. The molecule has 106 valence electrons. The minimum absolute atomic E-state index is 0.172. The first-order chi connectivity index (χ1) is 9.38. The summed E-state index contributed by atoms with van der Waals surface area (Å²) in [5.74, 6) is -0.113. The third-order valence-electron chi connectivity index (χ3n) is 2.61. The highest BCUT2D eigenvalue weighted by molar-refractivity contribution is 5.39. The number of aliphatic hydroxyl groups is 1. The van der Waals surface area contributed by atoms with Gasteiger partial charge in [0.2, 0.25) is 0 Å². The molecule has 0 aliphatic heterocycles. The third-order valence-corrected chi connectivity index (χ3v) is 2.61. The average molecular weight is 283 g/mol. The van der Waals surface area contributed by atoms with Gasteiger partial charge in [-0.05, 0) is 31.2 Å². The maximum Gasteiger partial charge on any atom is 0.419 e. The molecule has 20 heavy (non-hydrogen) atoms. The summed E-state index contributed by atoms with van der Waals surface area (Å²) in [7, 11) is 0. The molecule has 0 radical (unpaired) electrons. The van der Waals surface area contributed by atoms with Gasteiger partial charge in [0.25, 0.3) is 0 Å². The molecule has 0 fully saturated rings. The number of hydrogen-bond acceptors (Lipinski definition) is 3. The number of ether oxygens (including phenoxy) is 1. The van der Waals surface area contributed by atoms with Crippen LogP contribution in [0, 0.1) is 0 Å². The topological polar surface area (TPSA) is 42.4 Å². The summed E-state index contributed by atoms with van der Waals surface area (Å²) in [6.45, 7) is 1.54. The molecule has 1 N–H and O–H groups in total. The van der Waals surface area contributed by atoms with Gasteiger partial charge in [-0.3, -0.25) is 4.98 Å². The van der Waals surface area contributed by atoms with Crippen LogP contribution in [0.1, 0.15) is 24.3 Å². The highest BCUT2D eigenvalue weighted by atomic mass is 19.4. The molecule has 0 bridgehead atoms. The van der Waals surface area contributed by atoms with Crippen LogP contribution in [0.2, 0.25) is 0 Å². The number of halogens is 3. The number of benzene rings is 1. The van der Waals surface area contributed by atoms with Gasteiger partial charge in [-0.2, -0.15) is 13.2 Å². The summed E-state index contributed by atoms with van der Waals surface area (Å²) in [5, 5.41) is 9.30. The molecule has 1 aromatic carbocycles. The minimum atomic E-state index is -4.48. The van der Waals surface area contributed by atoms with Crippen molar-refractivity contribution in [2.45, 2.75) is 19.2 Å². The Morgan fingerprint density at radius 1 is 1.15 bits per heavy atom. The molecular weight excluding hydrogens is 271 g/mol. The normalized spacial score (nSPS) is 13.1. The highest BCUT2D eigenvalue weighted by Gasteiger charge is 2.34. The Kier molecular flexibility index (Phi) is 3.94. The first kappa shape index (κ1) is 14.3. The first-order valence-electron chi connectivity index (χ1n) is 5.86. The molecule has 0 aliphatic carbocycles. The molecule has 0 saturated heterocycles. The van der Waals surface area contributed by atoms with E-state index in [4.69, 9.17) is 4.74 Å². The first-order valence-corrected chi connectivity index (χ1v) is 5.86. The molecule has 0 amide bonds. The maximum atomic E-state index is 12.8. The molecule has 3 nitrogen and oxygen atoms in total. The van der Waals surface area contributed by atoms with Crippen molar-refractivity contribution in [1.29, 1.82) is 0 Å². The SMILES string of the molecule is C[C@H](O)c1ccc(Oc2ccccc2C(F)(F)F)cn1. The van der Waals surface area contributed by atoms with Crippen LogP contribution < -0.4 is 4.74 Å². The van der Waals surface area contributed by atoms with Gasteiger partial charge in [0.15, 0.2) is 0 Å². The van der Waals surface area contributed by atoms with Crippen molar-refractivity contribution in [2.24, 2.45) is 0 Å². The Labute approximate surface area is 113 Å². The van der Waals surface area contributed by atoms with E-state index in [1.807, 2.05) is 0 Å². The van der Waals surface area contributed by atoms with Crippen LogP contribution in [0.15, 0.2) is 42.6 Å². The van der Waals surface area contributed by atoms with Crippen molar-refractivity contribution >= 4 is 0 Å². The van der Waals surface area contributed by atoms with Crippen LogP contribution in [0.3, 0.4) is 0 Å². The molecule has 1 atom stereocenters. The molecule has 2 rings (SSSR count). The number of alkyl halides is 3. The van der Waals surface area contributed by atoms with E-state index in [9.17, 15) is 18.3 Å². The summed E-state index contributed by atoms with van der Waals surface area (Å²) in [6, 6.07) is 7.91. The molecular formula is C14H12F3NO2. The molecule has 0 aliphatic rings. The summed E-state index contributed by atoms with van der Waals surface area (Å²) < 4.78 is 43.6. The van der Waals surface area contributed by atoms with Gasteiger partial charge in [0, 0.05) is 0 Å². The molecule has 0 spiro atoms. The Bertz CT molecular complexity index is 580. The summed E-state index contributed by atoms with van der Waals surface area (Å²) >= 11 is 0. The number of para-hydroxylation sites is 1. The lowest BCUT2D eigenvalue weighted by Crippen LogP contribution is -2.06. The fourth-order valence-corrected chi connectivity index (χ4v) is 1.62. The van der Waals surface area contributed by atoms with Gasteiger partial charge >= 0.3 is 6.18 Å². The van der Waals surface area contributed by atoms with Crippen molar-refractivity contribution in [2.75, 3.05) is 0 Å². The predicted octanol–water partition coefficient (Wildman–Crippen LogP) is 3.95. The maximum absolute atomic E-state index is 12.8. The Morgan fingerprint density at radius 3 is 2.40 bits per heavy atom. The second-order valence-electron chi connectivity index (χ2n) is 4.19. The average Bonchev–Trinajstić information content (AvgIpc) is 2.38. The van der Waals surface area contributed by atoms with E-state index >= 15 is 0 Å². The largest absolute Gasteiger partial charge is 0.455 e. The monoisotopic (exact) mass is 283 g/mol. The van der Waals surface area contributed by atoms with Crippen molar-refractivity contribution < 1.29 is 23.0 Å². The standard InChI is InChI=1S/C14H12F3NO2/c1-9(19)12-7-6-10(8-18-12)20-13-5-3-2-4-11(13)14(15,16)17/h2-9,19H,1H3/t9-/m0/s1. The van der Waals surface area contributed by atoms with E-state index in [1.54, 1.807) is 6.92 Å². The quantitative estimate of drug-likeness (QED) is 0.927. The van der Waals surface area contributed by atoms with Gasteiger partial charge < -0.3 is 9.84 Å². The van der Waals surface area contributed by atoms with E-state index in [0.29, 0.717) is 5.69 Å². The van der Waals surface area contributed by atoms with Gasteiger partial charge in [0.1, 0.15) is 11.5 Å². The molecule has 1 heterocycles. The number of nitrogens with zero attached hydrogens (tertiary/aromatic N) is 1. The van der Waals surface area contributed by atoms with Crippen molar-refractivity contribution in [3.8, 4) is 11.5 Å². The summed E-state index contributed by atoms with van der Waals surface area (Å²) in [6.07, 6.45) is -3.95. The van der Waals surface area contributed by atoms with Crippen LogP contribution >= 0.6 is 0 Å². The van der Waals surface area contributed by atoms with E-state index in [0.717, 1.165) is 6.07 Å². The molecule has 6 heteroatoms. The summed E-state index contributed by atoms with van der Waals surface area (Å²) in [5.41, 5.74) is -0.430. The van der Waals surface area contributed by atoms with E-state index < -0.39 is 17.8 Å². The van der Waals surface area contributed by atoms with Gasteiger partial charge in [-0.1, -0.05) is 12.1 Å². The fourth-order valence-electron chi connectivity index (χ4n) is 1.62. The molecule has 0 unspecified atom stereocenters. The predicted molar refractivity (Wildman–Crippen MR) is 66.4 cm³/mol. The van der Waals surface area contributed by atoms with Gasteiger partial charge in [-0.15, -0.1) is 0 Å². The lowest BCUT2D eigenvalue weighted by atomic mass is 10.2. The van der Waals surface area contributed by atoms with Crippen LogP contribution in [-0.2, 0) is 6.18 Å². The summed E-state index contributed by atoms with van der Waals surface area (Å²) in [4.78, 5) is 3.91. The van der Waals surface area contributed by atoms with Crippen molar-refractivity contribution in [3.05, 3.63) is 53.9 Å². The number of rotatable bonds is 3. The number of hydrogen-bond donors (Lipinski definition) is 1. The van der Waals surface area contributed by atoms with E-state index in [2.05, 4.69) is 4.98 Å². The number of aliphatic hydroxyl groups excluding tert-OH is 1. The zero-order valence-electron chi connectivity index (χ0n) is 10.6. The molecule has 0 saturated carbocycles. The van der Waals surface area contributed by atoms with Crippen LogP contribution in [0.5, 0.6) is 11.5 Å². The number of aromatic nitrogens is 1. The highest BCUT2D eigenvalue weighted by Crippen LogP contribution is 2.37. The van der Waals surface area contributed by atoms with Gasteiger partial charge in [-0.25, -0.2) is 0 Å². The van der Waals surface area contributed by atoms with E-state index in [-0.39, 0.29) is 11.5 Å². The fraction of sp³-hybridized carbons (Fsp3) is 0.214.